The van der Waals surface area contributed by atoms with Crippen molar-refractivity contribution in [3.8, 4) is 0 Å². The lowest BCUT2D eigenvalue weighted by Gasteiger charge is -2.23. The summed E-state index contributed by atoms with van der Waals surface area (Å²) in [5.74, 6) is -0.431. The molecule has 0 spiro atoms. The molecule has 1 aliphatic rings. The van der Waals surface area contributed by atoms with Crippen LogP contribution in [-0.2, 0) is 9.59 Å². The van der Waals surface area contributed by atoms with Crippen molar-refractivity contribution in [1.82, 2.24) is 10.2 Å². The lowest BCUT2D eigenvalue weighted by molar-refractivity contribution is -0.886. The number of carbonyl (C=O) groups is 3. The maximum absolute atomic E-state index is 12.3. The Labute approximate surface area is 145 Å². The van der Waals surface area contributed by atoms with Gasteiger partial charge < -0.3 is 15.5 Å². The Morgan fingerprint density at radius 3 is 2.75 bits per heavy atom. The molecule has 24 heavy (non-hydrogen) atoms. The van der Waals surface area contributed by atoms with E-state index in [1.807, 2.05) is 30.5 Å². The molecule has 130 valence electrons. The molecule has 0 bridgehead atoms. The van der Waals surface area contributed by atoms with E-state index >= 15 is 0 Å². The molecule has 1 aromatic carbocycles. The van der Waals surface area contributed by atoms with Gasteiger partial charge in [-0.3, -0.25) is 14.5 Å². The number of likely N-dealkylation sites (N-methyl/N-ethyl adjacent to an activating group) is 1. The maximum Gasteiger partial charge on any atom is 0.324 e. The van der Waals surface area contributed by atoms with Crippen LogP contribution in [0.2, 0.25) is 0 Å². The summed E-state index contributed by atoms with van der Waals surface area (Å²) in [6.45, 7) is 2.72. The molecular weight excluding hydrogens is 328 g/mol. The van der Waals surface area contributed by atoms with Gasteiger partial charge in [-0.15, -0.1) is 11.8 Å². The van der Waals surface area contributed by atoms with Crippen LogP contribution in [0.4, 0.5) is 10.5 Å². The van der Waals surface area contributed by atoms with Gasteiger partial charge in [0.2, 0.25) is 0 Å². The fraction of sp³-hybridized carbons (Fsp3) is 0.438. The van der Waals surface area contributed by atoms with Gasteiger partial charge in [0.15, 0.2) is 12.6 Å². The lowest BCUT2D eigenvalue weighted by atomic mass is 10.2. The Balaban J connectivity index is 1.93. The molecule has 1 aromatic rings. The standard InChI is InChI=1S/C16H22N4O3S/c1-11(15(22)20-9-8-17-16(20)23)19(2)10-14(21)18-12-6-4-5-7-13(12)24-3/h4-7,11H,8-10H2,1-3H3,(H,17,23)(H,18,21)/p+1/t11-/m0/s1. The average molecular weight is 351 g/mol. The highest BCUT2D eigenvalue weighted by molar-refractivity contribution is 7.98. The van der Waals surface area contributed by atoms with Crippen LogP contribution in [0.25, 0.3) is 0 Å². The number of nitrogens with zero attached hydrogens (tertiary/aromatic N) is 1. The van der Waals surface area contributed by atoms with Crippen LogP contribution in [0, 0.1) is 0 Å². The molecule has 0 radical (unpaired) electrons. The molecule has 1 heterocycles. The molecule has 2 atom stereocenters. The number of urea groups is 1. The van der Waals surface area contributed by atoms with Crippen molar-refractivity contribution in [1.29, 1.82) is 0 Å². The van der Waals surface area contributed by atoms with Crippen LogP contribution in [0.1, 0.15) is 6.92 Å². The largest absolute Gasteiger partial charge is 0.336 e. The normalized spacial score (nSPS) is 16.5. The average Bonchev–Trinajstić information content (AvgIpc) is 2.99. The summed E-state index contributed by atoms with van der Waals surface area (Å²) in [7, 11) is 1.77. The molecule has 0 saturated carbocycles. The van der Waals surface area contributed by atoms with Crippen molar-refractivity contribution in [2.75, 3.05) is 38.3 Å². The van der Waals surface area contributed by atoms with E-state index in [0.717, 1.165) is 15.5 Å². The molecule has 4 amide bonds. The quantitative estimate of drug-likeness (QED) is 0.620. The highest BCUT2D eigenvalue weighted by Crippen LogP contribution is 2.24. The van der Waals surface area contributed by atoms with Crippen LogP contribution < -0.4 is 15.5 Å². The second kappa shape index (κ2) is 8.16. The zero-order chi connectivity index (χ0) is 17.7. The molecule has 8 heteroatoms. The van der Waals surface area contributed by atoms with E-state index in [9.17, 15) is 14.4 Å². The van der Waals surface area contributed by atoms with Gasteiger partial charge in [-0.2, -0.15) is 0 Å². The van der Waals surface area contributed by atoms with Crippen LogP contribution >= 0.6 is 11.8 Å². The second-order valence-corrected chi connectivity index (χ2v) is 6.56. The van der Waals surface area contributed by atoms with E-state index < -0.39 is 6.04 Å². The van der Waals surface area contributed by atoms with Gasteiger partial charge in [-0.25, -0.2) is 4.79 Å². The zero-order valence-electron chi connectivity index (χ0n) is 14.1. The number of amides is 4. The summed E-state index contributed by atoms with van der Waals surface area (Å²) in [6.07, 6.45) is 1.95. The summed E-state index contributed by atoms with van der Waals surface area (Å²) in [4.78, 5) is 39.1. The van der Waals surface area contributed by atoms with Crippen LogP contribution in [-0.4, -0.2) is 61.7 Å². The molecule has 1 unspecified atom stereocenters. The minimum Gasteiger partial charge on any atom is -0.336 e. The molecule has 1 saturated heterocycles. The fourth-order valence-electron chi connectivity index (χ4n) is 2.48. The lowest BCUT2D eigenvalue weighted by Crippen LogP contribution is -3.15. The first kappa shape index (κ1) is 18.3. The number of hydrogen-bond acceptors (Lipinski definition) is 4. The Kier molecular flexibility index (Phi) is 6.22. The van der Waals surface area contributed by atoms with Crippen LogP contribution in [0.15, 0.2) is 29.2 Å². The van der Waals surface area contributed by atoms with Crippen molar-refractivity contribution in [2.45, 2.75) is 17.9 Å². The van der Waals surface area contributed by atoms with Gasteiger partial charge in [-0.05, 0) is 25.3 Å². The smallest absolute Gasteiger partial charge is 0.324 e. The van der Waals surface area contributed by atoms with E-state index in [1.165, 1.54) is 4.90 Å². The van der Waals surface area contributed by atoms with Crippen molar-refractivity contribution in [3.63, 3.8) is 0 Å². The third-order valence-electron chi connectivity index (χ3n) is 4.05. The highest BCUT2D eigenvalue weighted by Gasteiger charge is 2.34. The van der Waals surface area contributed by atoms with Gasteiger partial charge in [-0.1, -0.05) is 12.1 Å². The van der Waals surface area contributed by atoms with Crippen LogP contribution in [0.3, 0.4) is 0 Å². The number of para-hydroxylation sites is 1. The molecule has 0 aliphatic carbocycles. The molecule has 7 nitrogen and oxygen atoms in total. The number of carbonyl (C=O) groups excluding carboxylic acids is 3. The van der Waals surface area contributed by atoms with Gasteiger partial charge in [0.05, 0.1) is 12.7 Å². The van der Waals surface area contributed by atoms with E-state index in [0.29, 0.717) is 13.1 Å². The molecule has 2 rings (SSSR count). The van der Waals surface area contributed by atoms with Gasteiger partial charge in [0.25, 0.3) is 11.8 Å². The third-order valence-corrected chi connectivity index (χ3v) is 4.85. The third kappa shape index (κ3) is 4.27. The molecule has 0 aromatic heterocycles. The number of rotatable bonds is 6. The summed E-state index contributed by atoms with van der Waals surface area (Å²) >= 11 is 1.56. The van der Waals surface area contributed by atoms with E-state index in [2.05, 4.69) is 10.6 Å². The predicted molar refractivity (Wildman–Crippen MR) is 93.2 cm³/mol. The van der Waals surface area contributed by atoms with Crippen molar-refractivity contribution < 1.29 is 19.3 Å². The number of imide groups is 1. The highest BCUT2D eigenvalue weighted by atomic mass is 32.2. The summed E-state index contributed by atoms with van der Waals surface area (Å²) in [5.41, 5.74) is 0.765. The Bertz CT molecular complexity index is 638. The Hall–Kier alpha value is -2.06. The first-order valence-electron chi connectivity index (χ1n) is 7.78. The van der Waals surface area contributed by atoms with E-state index in [-0.39, 0.29) is 24.4 Å². The minimum atomic E-state index is -0.476. The van der Waals surface area contributed by atoms with Crippen LogP contribution in [0.5, 0.6) is 0 Å². The summed E-state index contributed by atoms with van der Waals surface area (Å²) in [5, 5.41) is 5.49. The topological polar surface area (TPSA) is 82.9 Å². The molecular formula is C16H23N4O3S+. The molecule has 3 N–H and O–H groups in total. The number of nitrogens with one attached hydrogen (secondary N) is 3. The number of benzene rings is 1. The SMILES string of the molecule is CSc1ccccc1NC(=O)C[NH+](C)[C@@H](C)C(=O)N1CCNC1=O. The predicted octanol–water partition coefficient (Wildman–Crippen LogP) is -0.198. The van der Waals surface area contributed by atoms with E-state index in [4.69, 9.17) is 0 Å². The first-order valence-corrected chi connectivity index (χ1v) is 9.01. The maximum atomic E-state index is 12.3. The number of quaternary nitrogens is 1. The second-order valence-electron chi connectivity index (χ2n) is 5.72. The number of thioether (sulfide) groups is 1. The Morgan fingerprint density at radius 1 is 1.42 bits per heavy atom. The van der Waals surface area contributed by atoms with Crippen molar-refractivity contribution in [3.05, 3.63) is 24.3 Å². The van der Waals surface area contributed by atoms with E-state index in [1.54, 1.807) is 25.7 Å². The zero-order valence-corrected chi connectivity index (χ0v) is 14.9. The number of anilines is 1. The van der Waals surface area contributed by atoms with Crippen molar-refractivity contribution >= 4 is 35.3 Å². The summed E-state index contributed by atoms with van der Waals surface area (Å²) < 4.78 is 0. The van der Waals surface area contributed by atoms with Gasteiger partial charge in [0, 0.05) is 18.0 Å². The van der Waals surface area contributed by atoms with Crippen molar-refractivity contribution in [2.24, 2.45) is 0 Å². The molecule has 1 fully saturated rings. The fourth-order valence-corrected chi connectivity index (χ4v) is 3.03. The molecule has 1 aliphatic heterocycles. The number of hydrogen-bond donors (Lipinski definition) is 3. The van der Waals surface area contributed by atoms with Gasteiger partial charge >= 0.3 is 6.03 Å². The minimum absolute atomic E-state index is 0.144. The van der Waals surface area contributed by atoms with Gasteiger partial charge in [0.1, 0.15) is 0 Å². The Morgan fingerprint density at radius 2 is 2.12 bits per heavy atom. The first-order chi connectivity index (χ1) is 11.4. The summed E-state index contributed by atoms with van der Waals surface area (Å²) in [6, 6.07) is 6.73. The monoisotopic (exact) mass is 351 g/mol.